The lowest BCUT2D eigenvalue weighted by molar-refractivity contribution is 0.110. The van der Waals surface area contributed by atoms with Crippen molar-refractivity contribution in [2.24, 2.45) is 0 Å². The Morgan fingerprint density at radius 1 is 1.37 bits per heavy atom. The van der Waals surface area contributed by atoms with Crippen molar-refractivity contribution in [2.75, 3.05) is 20.3 Å². The molecule has 1 saturated heterocycles. The van der Waals surface area contributed by atoms with Crippen LogP contribution in [-0.2, 0) is 5.41 Å². The second-order valence-corrected chi connectivity index (χ2v) is 6.38. The summed E-state index contributed by atoms with van der Waals surface area (Å²) in [5.41, 5.74) is 2.19. The number of benzene rings is 1. The molecule has 0 amide bonds. The SMILES string of the molecule is COc1ccc(C)cc1C1(CO)CCNC(C)(C)C1. The van der Waals surface area contributed by atoms with E-state index in [0.717, 1.165) is 30.7 Å². The summed E-state index contributed by atoms with van der Waals surface area (Å²) >= 11 is 0. The molecule has 1 aromatic carbocycles. The van der Waals surface area contributed by atoms with Gasteiger partial charge in [0.2, 0.25) is 0 Å². The van der Waals surface area contributed by atoms with Crippen molar-refractivity contribution in [3.63, 3.8) is 0 Å². The van der Waals surface area contributed by atoms with Crippen molar-refractivity contribution in [3.05, 3.63) is 29.3 Å². The van der Waals surface area contributed by atoms with Crippen molar-refractivity contribution < 1.29 is 9.84 Å². The first-order valence-corrected chi connectivity index (χ1v) is 6.93. The molecule has 2 rings (SSSR count). The molecule has 0 spiro atoms. The van der Waals surface area contributed by atoms with E-state index in [2.05, 4.69) is 38.2 Å². The minimum Gasteiger partial charge on any atom is -0.496 e. The molecule has 1 unspecified atom stereocenters. The number of hydrogen-bond donors (Lipinski definition) is 2. The van der Waals surface area contributed by atoms with Crippen molar-refractivity contribution in [3.8, 4) is 5.75 Å². The fourth-order valence-corrected chi connectivity index (χ4v) is 3.32. The van der Waals surface area contributed by atoms with Crippen LogP contribution in [0.2, 0.25) is 0 Å². The number of aryl methyl sites for hydroxylation is 1. The lowest BCUT2D eigenvalue weighted by atomic mass is 9.67. The molecule has 1 heterocycles. The highest BCUT2D eigenvalue weighted by atomic mass is 16.5. The van der Waals surface area contributed by atoms with Gasteiger partial charge in [-0.3, -0.25) is 0 Å². The summed E-state index contributed by atoms with van der Waals surface area (Å²) in [5, 5.41) is 13.6. The zero-order valence-corrected chi connectivity index (χ0v) is 12.4. The van der Waals surface area contributed by atoms with Crippen molar-refractivity contribution in [1.82, 2.24) is 5.32 Å². The Morgan fingerprint density at radius 3 is 2.68 bits per heavy atom. The number of methoxy groups -OCH3 is 1. The Kier molecular flexibility index (Phi) is 3.88. The van der Waals surface area contributed by atoms with E-state index in [0.29, 0.717) is 0 Å². The molecule has 1 aromatic rings. The summed E-state index contributed by atoms with van der Waals surface area (Å²) in [4.78, 5) is 0. The van der Waals surface area contributed by atoms with Gasteiger partial charge in [-0.25, -0.2) is 0 Å². The summed E-state index contributed by atoms with van der Waals surface area (Å²) in [6.45, 7) is 7.56. The number of ether oxygens (including phenoxy) is 1. The Morgan fingerprint density at radius 2 is 2.11 bits per heavy atom. The minimum absolute atomic E-state index is 0.0374. The van der Waals surface area contributed by atoms with Gasteiger partial charge in [0.15, 0.2) is 0 Å². The maximum absolute atomic E-state index is 10.1. The maximum Gasteiger partial charge on any atom is 0.122 e. The Bertz CT molecular complexity index is 456. The van der Waals surface area contributed by atoms with Crippen molar-refractivity contribution in [2.45, 2.75) is 44.6 Å². The molecule has 0 saturated carbocycles. The monoisotopic (exact) mass is 263 g/mol. The maximum atomic E-state index is 10.1. The molecule has 3 heteroatoms. The molecular formula is C16H25NO2. The quantitative estimate of drug-likeness (QED) is 0.880. The molecule has 1 fully saturated rings. The van der Waals surface area contributed by atoms with Crippen LogP contribution in [0, 0.1) is 6.92 Å². The van der Waals surface area contributed by atoms with Crippen LogP contribution in [0.5, 0.6) is 5.75 Å². The predicted octanol–water partition coefficient (Wildman–Crippen LogP) is 2.40. The smallest absolute Gasteiger partial charge is 0.122 e. The lowest BCUT2D eigenvalue weighted by Crippen LogP contribution is -2.54. The molecule has 19 heavy (non-hydrogen) atoms. The van der Waals surface area contributed by atoms with Crippen LogP contribution in [0.15, 0.2) is 18.2 Å². The first kappa shape index (κ1) is 14.4. The molecule has 106 valence electrons. The molecular weight excluding hydrogens is 238 g/mol. The summed E-state index contributed by atoms with van der Waals surface area (Å²) in [6, 6.07) is 6.23. The van der Waals surface area contributed by atoms with E-state index in [1.165, 1.54) is 5.56 Å². The summed E-state index contributed by atoms with van der Waals surface area (Å²) in [7, 11) is 1.70. The van der Waals surface area contributed by atoms with E-state index in [1.807, 2.05) is 6.07 Å². The summed E-state index contributed by atoms with van der Waals surface area (Å²) in [5.74, 6) is 0.886. The van der Waals surface area contributed by atoms with Crippen LogP contribution in [0.1, 0.15) is 37.8 Å². The molecule has 0 aromatic heterocycles. The molecule has 2 N–H and O–H groups in total. The standard InChI is InChI=1S/C16H25NO2/c1-12-5-6-14(19-4)13(9-12)16(11-18)7-8-17-15(2,3)10-16/h5-6,9,17-18H,7-8,10-11H2,1-4H3. The van der Waals surface area contributed by atoms with Gasteiger partial charge >= 0.3 is 0 Å². The molecule has 0 aliphatic carbocycles. The lowest BCUT2D eigenvalue weighted by Gasteiger charge is -2.45. The van der Waals surface area contributed by atoms with Crippen molar-refractivity contribution >= 4 is 0 Å². The number of aliphatic hydroxyl groups is 1. The number of piperidine rings is 1. The first-order valence-electron chi connectivity index (χ1n) is 6.93. The molecule has 1 atom stereocenters. The third-order valence-corrected chi connectivity index (χ3v) is 4.22. The third kappa shape index (κ3) is 2.77. The Labute approximate surface area is 116 Å². The van der Waals surface area contributed by atoms with Crippen LogP contribution in [0.4, 0.5) is 0 Å². The zero-order chi connectivity index (χ0) is 14.1. The van der Waals surface area contributed by atoms with Crippen LogP contribution >= 0.6 is 0 Å². The van der Waals surface area contributed by atoms with Crippen LogP contribution in [-0.4, -0.2) is 30.9 Å². The Balaban J connectivity index is 2.49. The molecule has 1 aliphatic heterocycles. The van der Waals surface area contributed by atoms with Crippen LogP contribution in [0.3, 0.4) is 0 Å². The minimum atomic E-state index is -0.202. The van der Waals surface area contributed by atoms with E-state index in [1.54, 1.807) is 7.11 Å². The normalized spacial score (nSPS) is 26.2. The largest absolute Gasteiger partial charge is 0.496 e. The van der Waals surface area contributed by atoms with Crippen LogP contribution in [0.25, 0.3) is 0 Å². The average molecular weight is 263 g/mol. The predicted molar refractivity (Wildman–Crippen MR) is 77.8 cm³/mol. The van der Waals surface area contributed by atoms with Gasteiger partial charge in [-0.15, -0.1) is 0 Å². The highest BCUT2D eigenvalue weighted by Gasteiger charge is 2.42. The van der Waals surface area contributed by atoms with Gasteiger partial charge < -0.3 is 15.2 Å². The number of hydrogen-bond acceptors (Lipinski definition) is 3. The van der Waals surface area contributed by atoms with Gasteiger partial charge in [0.25, 0.3) is 0 Å². The summed E-state index contributed by atoms with van der Waals surface area (Å²) in [6.07, 6.45) is 1.85. The van der Waals surface area contributed by atoms with E-state index in [-0.39, 0.29) is 17.6 Å². The molecule has 3 nitrogen and oxygen atoms in total. The first-order chi connectivity index (χ1) is 8.92. The van der Waals surface area contributed by atoms with Crippen LogP contribution < -0.4 is 10.1 Å². The molecule has 1 aliphatic rings. The van der Waals surface area contributed by atoms with Gasteiger partial charge in [-0.1, -0.05) is 17.7 Å². The number of rotatable bonds is 3. The second-order valence-electron chi connectivity index (χ2n) is 6.38. The number of aliphatic hydroxyl groups excluding tert-OH is 1. The fraction of sp³-hybridized carbons (Fsp3) is 0.625. The zero-order valence-electron chi connectivity index (χ0n) is 12.4. The van der Waals surface area contributed by atoms with E-state index < -0.39 is 0 Å². The summed E-state index contributed by atoms with van der Waals surface area (Å²) < 4.78 is 5.52. The topological polar surface area (TPSA) is 41.5 Å². The second kappa shape index (κ2) is 5.14. The Hall–Kier alpha value is -1.06. The average Bonchev–Trinajstić information content (AvgIpc) is 2.37. The van der Waals surface area contributed by atoms with Gasteiger partial charge in [-0.05, 0) is 46.2 Å². The van der Waals surface area contributed by atoms with E-state index in [9.17, 15) is 5.11 Å². The van der Waals surface area contributed by atoms with Gasteiger partial charge in [0.1, 0.15) is 5.75 Å². The van der Waals surface area contributed by atoms with Gasteiger partial charge in [-0.2, -0.15) is 0 Å². The van der Waals surface area contributed by atoms with Crippen molar-refractivity contribution in [1.29, 1.82) is 0 Å². The third-order valence-electron chi connectivity index (χ3n) is 4.22. The highest BCUT2D eigenvalue weighted by Crippen LogP contribution is 2.42. The van der Waals surface area contributed by atoms with Gasteiger partial charge in [0, 0.05) is 16.5 Å². The fourth-order valence-electron chi connectivity index (χ4n) is 3.32. The highest BCUT2D eigenvalue weighted by molar-refractivity contribution is 5.43. The van der Waals surface area contributed by atoms with E-state index in [4.69, 9.17) is 4.74 Å². The molecule has 0 bridgehead atoms. The van der Waals surface area contributed by atoms with Gasteiger partial charge in [0.05, 0.1) is 13.7 Å². The molecule has 0 radical (unpaired) electrons. The number of nitrogens with one attached hydrogen (secondary N) is 1. The van der Waals surface area contributed by atoms with E-state index >= 15 is 0 Å².